The molecule has 0 aliphatic rings. The molecule has 82 valence electrons. The van der Waals surface area contributed by atoms with Gasteiger partial charge in [-0.3, -0.25) is 9.59 Å². The van der Waals surface area contributed by atoms with E-state index in [1.54, 1.807) is 0 Å². The van der Waals surface area contributed by atoms with Crippen LogP contribution >= 0.6 is 0 Å². The molecular weight excluding hydrogens is 180 g/mol. The smallest absolute Gasteiger partial charge is 0.219 e. The van der Waals surface area contributed by atoms with Crippen molar-refractivity contribution in [3.8, 4) is 0 Å². The maximum absolute atomic E-state index is 11.0. The van der Waals surface area contributed by atoms with Crippen LogP contribution in [0.5, 0.6) is 0 Å². The minimum absolute atomic E-state index is 0.0000172. The molecule has 0 rings (SSSR count). The van der Waals surface area contributed by atoms with Crippen LogP contribution in [0.15, 0.2) is 0 Å². The van der Waals surface area contributed by atoms with E-state index in [1.807, 2.05) is 6.92 Å². The third-order valence-electron chi connectivity index (χ3n) is 1.78. The Labute approximate surface area is 85.4 Å². The third-order valence-corrected chi connectivity index (χ3v) is 1.78. The number of hydrogen-bond acceptors (Lipinski definition) is 2. The number of rotatable bonds is 7. The zero-order valence-corrected chi connectivity index (χ0v) is 9.06. The molecule has 0 aromatic carbocycles. The molecule has 0 aliphatic carbocycles. The van der Waals surface area contributed by atoms with E-state index in [2.05, 4.69) is 10.6 Å². The van der Waals surface area contributed by atoms with Crippen molar-refractivity contribution in [1.29, 1.82) is 0 Å². The minimum Gasteiger partial charge on any atom is -0.356 e. The first-order valence-electron chi connectivity index (χ1n) is 5.18. The summed E-state index contributed by atoms with van der Waals surface area (Å²) < 4.78 is 0. The van der Waals surface area contributed by atoms with Crippen molar-refractivity contribution >= 4 is 11.8 Å². The number of carbonyl (C=O) groups excluding carboxylic acids is 2. The van der Waals surface area contributed by atoms with E-state index in [9.17, 15) is 9.59 Å². The predicted octanol–water partition coefficient (Wildman–Crippen LogP) is 0.819. The molecule has 0 radical (unpaired) electrons. The van der Waals surface area contributed by atoms with Crippen LogP contribution in [0, 0.1) is 0 Å². The van der Waals surface area contributed by atoms with E-state index in [0.29, 0.717) is 19.5 Å². The Hall–Kier alpha value is -1.06. The summed E-state index contributed by atoms with van der Waals surface area (Å²) in [5, 5.41) is 5.53. The number of carbonyl (C=O) groups is 2. The summed E-state index contributed by atoms with van der Waals surface area (Å²) in [5.74, 6) is 0.118. The summed E-state index contributed by atoms with van der Waals surface area (Å²) in [7, 11) is 0. The second-order valence-corrected chi connectivity index (χ2v) is 3.29. The van der Waals surface area contributed by atoms with Gasteiger partial charge in [-0.1, -0.05) is 6.92 Å². The zero-order chi connectivity index (χ0) is 10.8. The molecule has 0 heterocycles. The Morgan fingerprint density at radius 3 is 2.14 bits per heavy atom. The molecule has 2 N–H and O–H groups in total. The maximum atomic E-state index is 11.0. The van der Waals surface area contributed by atoms with E-state index in [-0.39, 0.29) is 11.8 Å². The van der Waals surface area contributed by atoms with Crippen LogP contribution in [0.4, 0.5) is 0 Å². The molecule has 0 atom stereocenters. The normalized spacial score (nSPS) is 9.57. The van der Waals surface area contributed by atoms with Crippen LogP contribution in [0.1, 0.15) is 39.5 Å². The first kappa shape index (κ1) is 12.9. The van der Waals surface area contributed by atoms with Gasteiger partial charge in [-0.25, -0.2) is 0 Å². The highest BCUT2D eigenvalue weighted by atomic mass is 16.2. The molecule has 0 spiro atoms. The maximum Gasteiger partial charge on any atom is 0.219 e. The quantitative estimate of drug-likeness (QED) is 0.598. The standard InChI is InChI=1S/C10H20N2O2/c1-3-6-10(14)12-8-5-4-7-11-9(2)13/h3-8H2,1-2H3,(H,11,13)(H,12,14). The SMILES string of the molecule is CCCC(=O)NCCCCNC(C)=O. The van der Waals surface area contributed by atoms with Crippen molar-refractivity contribution < 1.29 is 9.59 Å². The van der Waals surface area contributed by atoms with Gasteiger partial charge in [0.15, 0.2) is 0 Å². The van der Waals surface area contributed by atoms with Gasteiger partial charge in [0.1, 0.15) is 0 Å². The Balaban J connectivity index is 3.13. The second-order valence-electron chi connectivity index (χ2n) is 3.29. The summed E-state index contributed by atoms with van der Waals surface area (Å²) in [6.45, 7) is 4.89. The molecule has 0 fully saturated rings. The average Bonchev–Trinajstić information content (AvgIpc) is 2.11. The van der Waals surface area contributed by atoms with E-state index >= 15 is 0 Å². The van der Waals surface area contributed by atoms with Crippen molar-refractivity contribution in [2.24, 2.45) is 0 Å². The lowest BCUT2D eigenvalue weighted by atomic mass is 10.3. The van der Waals surface area contributed by atoms with Crippen LogP contribution in [0.3, 0.4) is 0 Å². The van der Waals surface area contributed by atoms with Crippen molar-refractivity contribution in [3.63, 3.8) is 0 Å². The van der Waals surface area contributed by atoms with Gasteiger partial charge in [-0.15, -0.1) is 0 Å². The van der Waals surface area contributed by atoms with E-state index in [0.717, 1.165) is 19.3 Å². The van der Waals surface area contributed by atoms with Gasteiger partial charge in [-0.05, 0) is 19.3 Å². The van der Waals surface area contributed by atoms with E-state index < -0.39 is 0 Å². The number of nitrogens with one attached hydrogen (secondary N) is 2. The van der Waals surface area contributed by atoms with Crippen LogP contribution in [0.2, 0.25) is 0 Å². The highest BCUT2D eigenvalue weighted by Gasteiger charge is 1.97. The first-order valence-corrected chi connectivity index (χ1v) is 5.18. The third kappa shape index (κ3) is 9.03. The molecule has 0 unspecified atom stereocenters. The molecule has 0 saturated heterocycles. The lowest BCUT2D eigenvalue weighted by molar-refractivity contribution is -0.121. The zero-order valence-electron chi connectivity index (χ0n) is 9.06. The van der Waals surface area contributed by atoms with Gasteiger partial charge in [0, 0.05) is 26.4 Å². The fourth-order valence-corrected chi connectivity index (χ4v) is 1.06. The largest absolute Gasteiger partial charge is 0.356 e. The molecule has 0 bridgehead atoms. The molecule has 0 aliphatic heterocycles. The Kier molecular flexibility index (Phi) is 7.89. The molecule has 4 nitrogen and oxygen atoms in total. The molecule has 0 aromatic heterocycles. The Morgan fingerprint density at radius 2 is 1.64 bits per heavy atom. The van der Waals surface area contributed by atoms with Gasteiger partial charge in [0.25, 0.3) is 0 Å². The van der Waals surface area contributed by atoms with Crippen LogP contribution < -0.4 is 10.6 Å². The molecule has 0 saturated carbocycles. The fraction of sp³-hybridized carbons (Fsp3) is 0.800. The first-order chi connectivity index (χ1) is 6.66. The minimum atomic E-state index is 0.0000172. The molecule has 0 aromatic rings. The van der Waals surface area contributed by atoms with Crippen molar-refractivity contribution in [2.45, 2.75) is 39.5 Å². The average molecular weight is 200 g/mol. The lowest BCUT2D eigenvalue weighted by Crippen LogP contribution is -2.25. The monoisotopic (exact) mass is 200 g/mol. The highest BCUT2D eigenvalue weighted by molar-refractivity contribution is 5.75. The molecule has 14 heavy (non-hydrogen) atoms. The Morgan fingerprint density at radius 1 is 1.07 bits per heavy atom. The summed E-state index contributed by atoms with van der Waals surface area (Å²) in [4.78, 5) is 21.5. The van der Waals surface area contributed by atoms with E-state index in [4.69, 9.17) is 0 Å². The molecular formula is C10H20N2O2. The van der Waals surface area contributed by atoms with Crippen LogP contribution in [-0.2, 0) is 9.59 Å². The highest BCUT2D eigenvalue weighted by Crippen LogP contribution is 1.88. The van der Waals surface area contributed by atoms with Gasteiger partial charge in [-0.2, -0.15) is 0 Å². The van der Waals surface area contributed by atoms with Crippen molar-refractivity contribution in [2.75, 3.05) is 13.1 Å². The van der Waals surface area contributed by atoms with Gasteiger partial charge in [0.05, 0.1) is 0 Å². The fourth-order valence-electron chi connectivity index (χ4n) is 1.06. The Bertz CT molecular complexity index is 181. The van der Waals surface area contributed by atoms with Gasteiger partial charge >= 0.3 is 0 Å². The second kappa shape index (κ2) is 8.53. The topological polar surface area (TPSA) is 58.2 Å². The molecule has 2 amide bonds. The number of unbranched alkanes of at least 4 members (excludes halogenated alkanes) is 1. The predicted molar refractivity (Wildman–Crippen MR) is 55.8 cm³/mol. The van der Waals surface area contributed by atoms with Crippen LogP contribution in [0.25, 0.3) is 0 Å². The van der Waals surface area contributed by atoms with E-state index in [1.165, 1.54) is 6.92 Å². The lowest BCUT2D eigenvalue weighted by Gasteiger charge is -2.04. The summed E-state index contributed by atoms with van der Waals surface area (Å²) in [6, 6.07) is 0. The van der Waals surface area contributed by atoms with Crippen molar-refractivity contribution in [1.82, 2.24) is 10.6 Å². The summed E-state index contributed by atoms with van der Waals surface area (Å²) >= 11 is 0. The summed E-state index contributed by atoms with van der Waals surface area (Å²) in [6.07, 6.45) is 3.31. The summed E-state index contributed by atoms with van der Waals surface area (Å²) in [5.41, 5.74) is 0. The van der Waals surface area contributed by atoms with Crippen LogP contribution in [-0.4, -0.2) is 24.9 Å². The number of amides is 2. The van der Waals surface area contributed by atoms with Crippen molar-refractivity contribution in [3.05, 3.63) is 0 Å². The van der Waals surface area contributed by atoms with Gasteiger partial charge in [0.2, 0.25) is 11.8 Å². The molecule has 4 heteroatoms. The van der Waals surface area contributed by atoms with Gasteiger partial charge < -0.3 is 10.6 Å². The number of hydrogen-bond donors (Lipinski definition) is 2.